The molecule has 136 valence electrons. The number of aromatic nitrogens is 1. The average Bonchev–Trinajstić information content (AvgIpc) is 3.10. The summed E-state index contributed by atoms with van der Waals surface area (Å²) in [6.07, 6.45) is 0.626. The van der Waals surface area contributed by atoms with Gasteiger partial charge < -0.3 is 20.1 Å². The number of carboxylic acids is 1. The predicted octanol–water partition coefficient (Wildman–Crippen LogP) is 1.32. The predicted molar refractivity (Wildman–Crippen MR) is 94.7 cm³/mol. The zero-order valence-electron chi connectivity index (χ0n) is 13.8. The summed E-state index contributed by atoms with van der Waals surface area (Å²) in [5.74, 6) is -0.796. The van der Waals surface area contributed by atoms with Gasteiger partial charge in [-0.05, 0) is 12.1 Å². The first-order valence-corrected chi connectivity index (χ1v) is 8.89. The first-order chi connectivity index (χ1) is 12.5. The fourth-order valence-corrected chi connectivity index (χ4v) is 3.31. The summed E-state index contributed by atoms with van der Waals surface area (Å²) in [5, 5.41) is 13.7. The molecule has 0 atom stereocenters. The van der Waals surface area contributed by atoms with Crippen LogP contribution in [0.2, 0.25) is 0 Å². The number of carboxylic acid groups (broad SMARTS) is 1. The Kier molecular flexibility index (Phi) is 5.47. The number of carbonyl (C=O) groups excluding carboxylic acids is 2. The van der Waals surface area contributed by atoms with E-state index in [-0.39, 0.29) is 37.1 Å². The standard InChI is InChI=1S/C17H17N3O5S/c21-14(18-7-5-15-19-11(10-26-15)17(23)24)6-8-20-12-3-1-2-4-13(12)25-9-16(20)22/h1-4,10H,5-9H2,(H,18,21)(H,23,24). The van der Waals surface area contributed by atoms with Crippen LogP contribution in [0.1, 0.15) is 21.9 Å². The number of benzene rings is 1. The van der Waals surface area contributed by atoms with E-state index in [0.29, 0.717) is 29.4 Å². The van der Waals surface area contributed by atoms with Crippen molar-refractivity contribution < 1.29 is 24.2 Å². The van der Waals surface area contributed by atoms with Crippen molar-refractivity contribution in [3.05, 3.63) is 40.3 Å². The van der Waals surface area contributed by atoms with E-state index in [9.17, 15) is 14.4 Å². The molecule has 0 bridgehead atoms. The Morgan fingerprint density at radius 2 is 2.15 bits per heavy atom. The third-order valence-corrected chi connectivity index (χ3v) is 4.71. The molecule has 2 heterocycles. The third-order valence-electron chi connectivity index (χ3n) is 3.80. The zero-order chi connectivity index (χ0) is 18.5. The molecule has 26 heavy (non-hydrogen) atoms. The van der Waals surface area contributed by atoms with Crippen LogP contribution in [0, 0.1) is 0 Å². The van der Waals surface area contributed by atoms with Crippen LogP contribution in [-0.4, -0.2) is 47.6 Å². The van der Waals surface area contributed by atoms with Crippen molar-refractivity contribution in [2.24, 2.45) is 0 Å². The van der Waals surface area contributed by atoms with Gasteiger partial charge in [0.15, 0.2) is 12.3 Å². The van der Waals surface area contributed by atoms with Gasteiger partial charge in [0.05, 0.1) is 10.7 Å². The molecule has 0 fully saturated rings. The van der Waals surface area contributed by atoms with Crippen LogP contribution in [-0.2, 0) is 16.0 Å². The van der Waals surface area contributed by atoms with Crippen LogP contribution in [0.5, 0.6) is 5.75 Å². The van der Waals surface area contributed by atoms with Crippen LogP contribution in [0.25, 0.3) is 0 Å². The van der Waals surface area contributed by atoms with Gasteiger partial charge in [-0.25, -0.2) is 9.78 Å². The molecule has 2 amide bonds. The topological polar surface area (TPSA) is 109 Å². The Balaban J connectivity index is 1.47. The first-order valence-electron chi connectivity index (χ1n) is 8.01. The van der Waals surface area contributed by atoms with Gasteiger partial charge in [-0.2, -0.15) is 0 Å². The minimum Gasteiger partial charge on any atom is -0.482 e. The zero-order valence-corrected chi connectivity index (χ0v) is 14.6. The number of para-hydroxylation sites is 2. The van der Waals surface area contributed by atoms with Gasteiger partial charge >= 0.3 is 5.97 Å². The lowest BCUT2D eigenvalue weighted by Crippen LogP contribution is -2.41. The molecule has 0 radical (unpaired) electrons. The lowest BCUT2D eigenvalue weighted by molar-refractivity contribution is -0.122. The number of ether oxygens (including phenoxy) is 1. The van der Waals surface area contributed by atoms with Crippen molar-refractivity contribution in [2.75, 3.05) is 24.6 Å². The number of thiazole rings is 1. The minimum atomic E-state index is -1.06. The molecule has 2 aromatic rings. The fourth-order valence-electron chi connectivity index (χ4n) is 2.53. The summed E-state index contributed by atoms with van der Waals surface area (Å²) in [4.78, 5) is 40.4. The fraction of sp³-hybridized carbons (Fsp3) is 0.294. The van der Waals surface area contributed by atoms with Crippen molar-refractivity contribution in [3.8, 4) is 5.75 Å². The quantitative estimate of drug-likeness (QED) is 0.755. The molecule has 0 saturated carbocycles. The highest BCUT2D eigenvalue weighted by Gasteiger charge is 2.25. The van der Waals surface area contributed by atoms with E-state index in [1.165, 1.54) is 16.7 Å². The van der Waals surface area contributed by atoms with Crippen molar-refractivity contribution in [1.82, 2.24) is 10.3 Å². The second-order valence-corrected chi connectivity index (χ2v) is 6.53. The molecule has 0 unspecified atom stereocenters. The van der Waals surface area contributed by atoms with Gasteiger partial charge in [0.1, 0.15) is 5.75 Å². The molecule has 1 aliphatic rings. The number of anilines is 1. The van der Waals surface area contributed by atoms with Crippen LogP contribution in [0.4, 0.5) is 5.69 Å². The smallest absolute Gasteiger partial charge is 0.355 e. The molecule has 9 heteroatoms. The van der Waals surface area contributed by atoms with Gasteiger partial charge in [0, 0.05) is 31.3 Å². The number of aromatic carboxylic acids is 1. The normalized spacial score (nSPS) is 13.1. The summed E-state index contributed by atoms with van der Waals surface area (Å²) in [6.45, 7) is 0.596. The van der Waals surface area contributed by atoms with Crippen LogP contribution >= 0.6 is 11.3 Å². The Hall–Kier alpha value is -2.94. The summed E-state index contributed by atoms with van der Waals surface area (Å²) >= 11 is 1.25. The number of carbonyl (C=O) groups is 3. The van der Waals surface area contributed by atoms with Crippen molar-refractivity contribution >= 4 is 34.8 Å². The molecule has 2 N–H and O–H groups in total. The van der Waals surface area contributed by atoms with Crippen molar-refractivity contribution in [2.45, 2.75) is 12.8 Å². The summed E-state index contributed by atoms with van der Waals surface area (Å²) in [5.41, 5.74) is 0.682. The van der Waals surface area contributed by atoms with Crippen molar-refractivity contribution in [1.29, 1.82) is 0 Å². The Labute approximate surface area is 153 Å². The monoisotopic (exact) mass is 375 g/mol. The third kappa shape index (κ3) is 4.17. The maximum Gasteiger partial charge on any atom is 0.355 e. The van der Waals surface area contributed by atoms with Crippen LogP contribution < -0.4 is 15.0 Å². The van der Waals surface area contributed by atoms with Crippen molar-refractivity contribution in [3.63, 3.8) is 0 Å². The van der Waals surface area contributed by atoms with Gasteiger partial charge in [-0.3, -0.25) is 9.59 Å². The maximum atomic E-state index is 12.0. The SMILES string of the molecule is O=C(CCN1C(=O)COc2ccccc21)NCCc1nc(C(=O)O)cs1. The molecular formula is C17H17N3O5S. The molecule has 0 spiro atoms. The van der Waals surface area contributed by atoms with E-state index in [1.807, 2.05) is 12.1 Å². The number of fused-ring (bicyclic) bond motifs is 1. The molecule has 1 aromatic carbocycles. The lowest BCUT2D eigenvalue weighted by Gasteiger charge is -2.29. The number of hydrogen-bond acceptors (Lipinski definition) is 6. The second-order valence-electron chi connectivity index (χ2n) is 5.58. The van der Waals surface area contributed by atoms with E-state index in [0.717, 1.165) is 0 Å². The average molecular weight is 375 g/mol. The number of hydrogen-bond donors (Lipinski definition) is 2. The lowest BCUT2D eigenvalue weighted by atomic mass is 10.2. The molecule has 0 aliphatic carbocycles. The van der Waals surface area contributed by atoms with Crippen LogP contribution in [0.15, 0.2) is 29.6 Å². The second kappa shape index (κ2) is 7.96. The molecule has 0 saturated heterocycles. The highest BCUT2D eigenvalue weighted by molar-refractivity contribution is 7.09. The highest BCUT2D eigenvalue weighted by atomic mass is 32.1. The van der Waals surface area contributed by atoms with E-state index in [4.69, 9.17) is 9.84 Å². The summed E-state index contributed by atoms with van der Waals surface area (Å²) in [7, 11) is 0. The van der Waals surface area contributed by atoms with E-state index < -0.39 is 5.97 Å². The molecule has 8 nitrogen and oxygen atoms in total. The number of amides is 2. The maximum absolute atomic E-state index is 12.0. The molecule has 1 aliphatic heterocycles. The Bertz CT molecular complexity index is 835. The van der Waals surface area contributed by atoms with E-state index in [1.54, 1.807) is 17.0 Å². The largest absolute Gasteiger partial charge is 0.482 e. The molecule has 1 aromatic heterocycles. The summed E-state index contributed by atoms with van der Waals surface area (Å²) < 4.78 is 5.37. The van der Waals surface area contributed by atoms with Gasteiger partial charge in [0.2, 0.25) is 5.91 Å². The Morgan fingerprint density at radius 3 is 2.92 bits per heavy atom. The summed E-state index contributed by atoms with van der Waals surface area (Å²) in [6, 6.07) is 7.21. The van der Waals surface area contributed by atoms with Gasteiger partial charge in [-0.1, -0.05) is 12.1 Å². The number of nitrogens with zero attached hydrogens (tertiary/aromatic N) is 2. The minimum absolute atomic E-state index is 0.0146. The molecule has 3 rings (SSSR count). The Morgan fingerprint density at radius 1 is 1.35 bits per heavy atom. The number of nitrogens with one attached hydrogen (secondary N) is 1. The van der Waals surface area contributed by atoms with E-state index in [2.05, 4.69) is 10.3 Å². The first kappa shape index (κ1) is 17.9. The highest BCUT2D eigenvalue weighted by Crippen LogP contribution is 2.31. The van der Waals surface area contributed by atoms with Crippen LogP contribution in [0.3, 0.4) is 0 Å². The van der Waals surface area contributed by atoms with Gasteiger partial charge in [-0.15, -0.1) is 11.3 Å². The molecular weight excluding hydrogens is 358 g/mol. The van der Waals surface area contributed by atoms with Gasteiger partial charge in [0.25, 0.3) is 5.91 Å². The van der Waals surface area contributed by atoms with E-state index >= 15 is 0 Å². The number of rotatable bonds is 7.